The summed E-state index contributed by atoms with van der Waals surface area (Å²) in [6.45, 7) is 4.02. The number of nitrogens with one attached hydrogen (secondary N) is 3. The average molecular weight is 426 g/mol. The molecule has 31 heavy (non-hydrogen) atoms. The van der Waals surface area contributed by atoms with Crippen molar-refractivity contribution >= 4 is 23.6 Å². The summed E-state index contributed by atoms with van der Waals surface area (Å²) in [7, 11) is 0. The molecule has 1 aromatic rings. The molecule has 1 spiro atoms. The SMILES string of the molecule is O=C1CCC(N2C(=O)c3ccc(CNC4CNCC45CCOCC5)cc3C2=O)C(=O)N1. The number of imide groups is 2. The van der Waals surface area contributed by atoms with E-state index < -0.39 is 23.8 Å². The molecule has 3 fully saturated rings. The molecular weight excluding hydrogens is 400 g/mol. The van der Waals surface area contributed by atoms with Gasteiger partial charge in [-0.1, -0.05) is 6.07 Å². The highest BCUT2D eigenvalue weighted by Gasteiger charge is 2.45. The van der Waals surface area contributed by atoms with Crippen molar-refractivity contribution in [1.29, 1.82) is 0 Å². The molecular formula is C22H26N4O5. The molecule has 0 radical (unpaired) electrons. The average Bonchev–Trinajstić information content (AvgIpc) is 3.25. The lowest BCUT2D eigenvalue weighted by Crippen LogP contribution is -2.54. The summed E-state index contributed by atoms with van der Waals surface area (Å²) >= 11 is 0. The number of ether oxygens (including phenoxy) is 1. The highest BCUT2D eigenvalue weighted by Crippen LogP contribution is 2.37. The van der Waals surface area contributed by atoms with Crippen molar-refractivity contribution in [2.24, 2.45) is 5.41 Å². The Labute approximate surface area is 179 Å². The fourth-order valence-electron chi connectivity index (χ4n) is 5.27. The van der Waals surface area contributed by atoms with E-state index in [1.54, 1.807) is 12.1 Å². The number of carbonyl (C=O) groups excluding carboxylic acids is 4. The molecule has 0 aromatic heterocycles. The van der Waals surface area contributed by atoms with Gasteiger partial charge in [-0.15, -0.1) is 0 Å². The maximum absolute atomic E-state index is 13.0. The molecule has 4 heterocycles. The van der Waals surface area contributed by atoms with Gasteiger partial charge >= 0.3 is 0 Å². The first-order valence-electron chi connectivity index (χ1n) is 10.8. The van der Waals surface area contributed by atoms with Crippen LogP contribution in [0.1, 0.15) is 52.0 Å². The zero-order valence-electron chi connectivity index (χ0n) is 17.2. The Hall–Kier alpha value is -2.62. The van der Waals surface area contributed by atoms with Crippen molar-refractivity contribution < 1.29 is 23.9 Å². The summed E-state index contributed by atoms with van der Waals surface area (Å²) in [5, 5.41) is 9.34. The number of piperidine rings is 1. The highest BCUT2D eigenvalue weighted by atomic mass is 16.5. The Morgan fingerprint density at radius 1 is 1.10 bits per heavy atom. The summed E-state index contributed by atoms with van der Waals surface area (Å²) in [6.07, 6.45) is 2.32. The van der Waals surface area contributed by atoms with Crippen molar-refractivity contribution in [2.45, 2.75) is 44.3 Å². The third-order valence-electron chi connectivity index (χ3n) is 7.11. The third-order valence-corrected chi connectivity index (χ3v) is 7.11. The number of rotatable bonds is 4. The second kappa shape index (κ2) is 7.81. The van der Waals surface area contributed by atoms with Crippen LogP contribution in [-0.2, 0) is 20.9 Å². The summed E-state index contributed by atoms with van der Waals surface area (Å²) in [5.74, 6) is -1.92. The number of carbonyl (C=O) groups is 4. The van der Waals surface area contributed by atoms with Gasteiger partial charge in [0.2, 0.25) is 11.8 Å². The number of hydrogen-bond donors (Lipinski definition) is 3. The fourth-order valence-corrected chi connectivity index (χ4v) is 5.27. The fraction of sp³-hybridized carbons (Fsp3) is 0.545. The van der Waals surface area contributed by atoms with Crippen molar-refractivity contribution in [3.05, 3.63) is 34.9 Å². The largest absolute Gasteiger partial charge is 0.381 e. The number of hydrogen-bond acceptors (Lipinski definition) is 7. The predicted octanol–water partition coefficient (Wildman–Crippen LogP) is -0.0540. The molecule has 4 amide bonds. The van der Waals surface area contributed by atoms with Crippen LogP contribution in [-0.4, -0.2) is 66.9 Å². The molecule has 4 aliphatic rings. The molecule has 9 nitrogen and oxygen atoms in total. The van der Waals surface area contributed by atoms with E-state index in [2.05, 4.69) is 16.0 Å². The topological polar surface area (TPSA) is 117 Å². The maximum Gasteiger partial charge on any atom is 0.262 e. The van der Waals surface area contributed by atoms with Gasteiger partial charge in [-0.05, 0) is 37.0 Å². The quantitative estimate of drug-likeness (QED) is 0.578. The van der Waals surface area contributed by atoms with Gasteiger partial charge in [-0.25, -0.2) is 0 Å². The standard InChI is InChI=1S/C22H26N4O5/c27-18-4-3-16(19(28)25-18)26-20(29)14-2-1-13(9-15(14)21(26)30)10-24-17-11-23-12-22(17)5-7-31-8-6-22/h1-2,9,16-17,23-24H,3-8,10-12H2,(H,25,27,28). The van der Waals surface area contributed by atoms with E-state index in [1.165, 1.54) is 0 Å². The summed E-state index contributed by atoms with van der Waals surface area (Å²) in [6, 6.07) is 4.64. The second-order valence-electron chi connectivity index (χ2n) is 8.87. The minimum atomic E-state index is -0.940. The molecule has 164 valence electrons. The van der Waals surface area contributed by atoms with Gasteiger partial charge < -0.3 is 15.4 Å². The van der Waals surface area contributed by atoms with Crippen LogP contribution in [0, 0.1) is 5.41 Å². The van der Waals surface area contributed by atoms with E-state index in [0.29, 0.717) is 23.7 Å². The molecule has 2 unspecified atom stereocenters. The molecule has 4 aliphatic heterocycles. The summed E-state index contributed by atoms with van der Waals surface area (Å²) < 4.78 is 5.54. The molecule has 1 aromatic carbocycles. The number of amides is 4. The van der Waals surface area contributed by atoms with Gasteiger partial charge in [0.15, 0.2) is 0 Å². The maximum atomic E-state index is 13.0. The number of nitrogens with zero attached hydrogens (tertiary/aromatic N) is 1. The monoisotopic (exact) mass is 426 g/mol. The Bertz CT molecular complexity index is 955. The van der Waals surface area contributed by atoms with E-state index in [9.17, 15) is 19.2 Å². The Morgan fingerprint density at radius 3 is 2.65 bits per heavy atom. The smallest absolute Gasteiger partial charge is 0.262 e. The molecule has 3 saturated heterocycles. The van der Waals surface area contributed by atoms with Crippen molar-refractivity contribution in [1.82, 2.24) is 20.9 Å². The molecule has 3 N–H and O–H groups in total. The lowest BCUT2D eigenvalue weighted by Gasteiger charge is -2.38. The number of benzene rings is 1. The van der Waals surface area contributed by atoms with Crippen LogP contribution in [0.3, 0.4) is 0 Å². The Balaban J connectivity index is 1.30. The van der Waals surface area contributed by atoms with E-state index in [4.69, 9.17) is 4.74 Å². The summed E-state index contributed by atoms with van der Waals surface area (Å²) in [4.78, 5) is 50.4. The second-order valence-corrected chi connectivity index (χ2v) is 8.87. The van der Waals surface area contributed by atoms with Gasteiger partial charge in [0.25, 0.3) is 11.8 Å². The van der Waals surface area contributed by atoms with Gasteiger partial charge in [0.05, 0.1) is 11.1 Å². The lowest BCUT2D eigenvalue weighted by molar-refractivity contribution is -0.136. The Kier molecular flexibility index (Phi) is 5.11. The van der Waals surface area contributed by atoms with Crippen molar-refractivity contribution in [2.75, 3.05) is 26.3 Å². The molecule has 5 rings (SSSR count). The van der Waals surface area contributed by atoms with Crippen LogP contribution in [0.2, 0.25) is 0 Å². The Morgan fingerprint density at radius 2 is 1.87 bits per heavy atom. The first kappa shape index (κ1) is 20.3. The van der Waals surface area contributed by atoms with Gasteiger partial charge in [-0.2, -0.15) is 0 Å². The minimum Gasteiger partial charge on any atom is -0.381 e. The van der Waals surface area contributed by atoms with Crippen molar-refractivity contribution in [3.8, 4) is 0 Å². The van der Waals surface area contributed by atoms with E-state index in [0.717, 1.165) is 49.6 Å². The van der Waals surface area contributed by atoms with Crippen LogP contribution in [0.15, 0.2) is 18.2 Å². The molecule has 9 heteroatoms. The first-order valence-corrected chi connectivity index (χ1v) is 10.8. The van der Waals surface area contributed by atoms with E-state index >= 15 is 0 Å². The normalized spacial score (nSPS) is 27.7. The molecule has 2 atom stereocenters. The van der Waals surface area contributed by atoms with Crippen LogP contribution in [0.4, 0.5) is 0 Å². The van der Waals surface area contributed by atoms with E-state index in [1.807, 2.05) is 6.07 Å². The van der Waals surface area contributed by atoms with Crippen molar-refractivity contribution in [3.63, 3.8) is 0 Å². The summed E-state index contributed by atoms with van der Waals surface area (Å²) in [5.41, 5.74) is 1.74. The molecule has 0 bridgehead atoms. The minimum absolute atomic E-state index is 0.112. The van der Waals surface area contributed by atoms with Gasteiger partial charge in [0, 0.05) is 50.7 Å². The van der Waals surface area contributed by atoms with Gasteiger partial charge in [0.1, 0.15) is 6.04 Å². The van der Waals surface area contributed by atoms with Gasteiger partial charge in [-0.3, -0.25) is 29.4 Å². The van der Waals surface area contributed by atoms with Crippen LogP contribution < -0.4 is 16.0 Å². The number of fused-ring (bicyclic) bond motifs is 1. The zero-order chi connectivity index (χ0) is 21.6. The molecule has 0 saturated carbocycles. The third kappa shape index (κ3) is 3.46. The molecule has 0 aliphatic carbocycles. The lowest BCUT2D eigenvalue weighted by atomic mass is 9.76. The van der Waals surface area contributed by atoms with Crippen LogP contribution >= 0.6 is 0 Å². The zero-order valence-corrected chi connectivity index (χ0v) is 17.2. The van der Waals surface area contributed by atoms with Crippen LogP contribution in [0.5, 0.6) is 0 Å². The van der Waals surface area contributed by atoms with E-state index in [-0.39, 0.29) is 24.2 Å². The first-order chi connectivity index (χ1) is 15.0. The van der Waals surface area contributed by atoms with Crippen LogP contribution in [0.25, 0.3) is 0 Å². The predicted molar refractivity (Wildman–Crippen MR) is 109 cm³/mol. The highest BCUT2D eigenvalue weighted by molar-refractivity contribution is 6.23.